The van der Waals surface area contributed by atoms with Crippen LogP contribution in [0.2, 0.25) is 0 Å². The van der Waals surface area contributed by atoms with E-state index in [-0.39, 0.29) is 6.10 Å². The maximum Gasteiger partial charge on any atom is 0.0781 e. The summed E-state index contributed by atoms with van der Waals surface area (Å²) in [6.07, 6.45) is 2.76. The van der Waals surface area contributed by atoms with Gasteiger partial charge in [-0.15, -0.1) is 0 Å². The van der Waals surface area contributed by atoms with Crippen molar-refractivity contribution in [1.29, 1.82) is 0 Å². The first-order chi connectivity index (χ1) is 8.45. The molecule has 1 atom stereocenters. The molecule has 0 amide bonds. The molecule has 0 bridgehead atoms. The summed E-state index contributed by atoms with van der Waals surface area (Å²) in [5.41, 5.74) is 0. The first kappa shape index (κ1) is 17.9. The van der Waals surface area contributed by atoms with Gasteiger partial charge in [0.25, 0.3) is 0 Å². The fourth-order valence-electron chi connectivity index (χ4n) is 1.94. The van der Waals surface area contributed by atoms with Crippen molar-refractivity contribution in [3.8, 4) is 0 Å². The predicted molar refractivity (Wildman–Crippen MR) is 75.9 cm³/mol. The first-order valence-corrected chi connectivity index (χ1v) is 7.17. The molecule has 0 fully saturated rings. The van der Waals surface area contributed by atoms with Gasteiger partial charge in [0.1, 0.15) is 0 Å². The highest BCUT2D eigenvalue weighted by Gasteiger charge is 2.15. The second-order valence-electron chi connectivity index (χ2n) is 5.89. The van der Waals surface area contributed by atoms with Crippen LogP contribution in [0.5, 0.6) is 0 Å². The van der Waals surface area contributed by atoms with Crippen molar-refractivity contribution in [2.75, 3.05) is 26.9 Å². The lowest BCUT2D eigenvalue weighted by Gasteiger charge is -2.23. The molecule has 0 rings (SSSR count). The van der Waals surface area contributed by atoms with Gasteiger partial charge < -0.3 is 14.2 Å². The molecule has 0 aromatic carbocycles. The summed E-state index contributed by atoms with van der Waals surface area (Å²) in [6, 6.07) is 0. The van der Waals surface area contributed by atoms with Gasteiger partial charge in [-0.05, 0) is 31.6 Å². The van der Waals surface area contributed by atoms with E-state index in [1.54, 1.807) is 7.11 Å². The molecule has 3 nitrogen and oxygen atoms in total. The molecule has 110 valence electrons. The van der Waals surface area contributed by atoms with Crippen LogP contribution >= 0.6 is 0 Å². The number of hydrogen-bond donors (Lipinski definition) is 0. The Labute approximate surface area is 113 Å². The molecular formula is C15H32O3. The minimum Gasteiger partial charge on any atom is -0.382 e. The Morgan fingerprint density at radius 2 is 1.33 bits per heavy atom. The fourth-order valence-corrected chi connectivity index (χ4v) is 1.94. The third-order valence-electron chi connectivity index (χ3n) is 2.73. The Bertz CT molecular complexity index is 171. The normalized spacial score (nSPS) is 13.8. The monoisotopic (exact) mass is 260 g/mol. The Morgan fingerprint density at radius 3 is 1.78 bits per heavy atom. The number of methoxy groups -OCH3 is 1. The van der Waals surface area contributed by atoms with Crippen LogP contribution in [0.15, 0.2) is 0 Å². The highest BCUT2D eigenvalue weighted by molar-refractivity contribution is 4.64. The third kappa shape index (κ3) is 11.0. The van der Waals surface area contributed by atoms with Gasteiger partial charge in [0.15, 0.2) is 0 Å². The van der Waals surface area contributed by atoms with Gasteiger partial charge in [-0.3, -0.25) is 0 Å². The Balaban J connectivity index is 3.85. The largest absolute Gasteiger partial charge is 0.382 e. The van der Waals surface area contributed by atoms with E-state index >= 15 is 0 Å². The van der Waals surface area contributed by atoms with Crippen LogP contribution < -0.4 is 0 Å². The maximum atomic E-state index is 5.99. The first-order valence-electron chi connectivity index (χ1n) is 7.17. The molecule has 0 aromatic rings. The van der Waals surface area contributed by atoms with E-state index in [0.717, 1.165) is 12.8 Å². The van der Waals surface area contributed by atoms with Crippen molar-refractivity contribution in [3.63, 3.8) is 0 Å². The topological polar surface area (TPSA) is 27.7 Å². The van der Waals surface area contributed by atoms with E-state index in [4.69, 9.17) is 14.2 Å². The van der Waals surface area contributed by atoms with Crippen molar-refractivity contribution in [2.45, 2.75) is 59.7 Å². The molecule has 3 heteroatoms. The smallest absolute Gasteiger partial charge is 0.0781 e. The molecule has 1 unspecified atom stereocenters. The van der Waals surface area contributed by atoms with Gasteiger partial charge in [-0.25, -0.2) is 0 Å². The molecule has 0 aliphatic heterocycles. The zero-order valence-corrected chi connectivity index (χ0v) is 13.1. The number of ether oxygens (including phenoxy) is 3. The van der Waals surface area contributed by atoms with Crippen molar-refractivity contribution >= 4 is 0 Å². The molecule has 0 radical (unpaired) electrons. The van der Waals surface area contributed by atoms with Crippen LogP contribution in [0.1, 0.15) is 47.5 Å². The van der Waals surface area contributed by atoms with Gasteiger partial charge >= 0.3 is 0 Å². The van der Waals surface area contributed by atoms with Gasteiger partial charge in [0, 0.05) is 7.11 Å². The summed E-state index contributed by atoms with van der Waals surface area (Å²) in [7, 11) is 1.69. The van der Waals surface area contributed by atoms with E-state index in [1.807, 2.05) is 0 Å². The van der Waals surface area contributed by atoms with E-state index in [9.17, 15) is 0 Å². The molecule has 0 N–H and O–H groups in total. The van der Waals surface area contributed by atoms with Crippen molar-refractivity contribution in [3.05, 3.63) is 0 Å². The minimum absolute atomic E-state index is 0.141. The van der Waals surface area contributed by atoms with Gasteiger partial charge in [0.05, 0.1) is 32.0 Å². The highest BCUT2D eigenvalue weighted by atomic mass is 16.5. The molecule has 0 aliphatic rings. The van der Waals surface area contributed by atoms with E-state index in [2.05, 4.69) is 34.6 Å². The van der Waals surface area contributed by atoms with Crippen molar-refractivity contribution in [1.82, 2.24) is 0 Å². The summed E-state index contributed by atoms with van der Waals surface area (Å²) < 4.78 is 16.5. The highest BCUT2D eigenvalue weighted by Crippen LogP contribution is 2.17. The van der Waals surface area contributed by atoms with Crippen LogP contribution in [0.3, 0.4) is 0 Å². The third-order valence-corrected chi connectivity index (χ3v) is 2.73. The summed E-state index contributed by atoms with van der Waals surface area (Å²) >= 11 is 0. The van der Waals surface area contributed by atoms with Gasteiger partial charge in [-0.2, -0.15) is 0 Å². The van der Waals surface area contributed by atoms with Crippen LogP contribution in [-0.4, -0.2) is 39.1 Å². The Hall–Kier alpha value is -0.120. The van der Waals surface area contributed by atoms with Crippen LogP contribution in [0.25, 0.3) is 0 Å². The van der Waals surface area contributed by atoms with Gasteiger partial charge in [0.2, 0.25) is 0 Å². The molecule has 0 aliphatic carbocycles. The average Bonchev–Trinajstić information content (AvgIpc) is 2.25. The van der Waals surface area contributed by atoms with E-state index < -0.39 is 0 Å². The lowest BCUT2D eigenvalue weighted by Crippen LogP contribution is -2.25. The second-order valence-corrected chi connectivity index (χ2v) is 5.89. The molecule has 0 heterocycles. The standard InChI is InChI=1S/C15H32O3/c1-12(2)9-15(10-13(3)4)18-11-14(5)17-8-7-16-6/h12-15H,7-11H2,1-6H3. The van der Waals surface area contributed by atoms with E-state index in [0.29, 0.717) is 37.8 Å². The lowest BCUT2D eigenvalue weighted by atomic mass is 9.98. The molecule has 0 saturated carbocycles. The summed E-state index contributed by atoms with van der Waals surface area (Å²) in [5.74, 6) is 1.36. The average molecular weight is 260 g/mol. The fraction of sp³-hybridized carbons (Fsp3) is 1.00. The van der Waals surface area contributed by atoms with Crippen LogP contribution in [0.4, 0.5) is 0 Å². The van der Waals surface area contributed by atoms with Crippen LogP contribution in [-0.2, 0) is 14.2 Å². The van der Waals surface area contributed by atoms with Crippen molar-refractivity contribution in [2.24, 2.45) is 11.8 Å². The minimum atomic E-state index is 0.141. The molecule has 0 saturated heterocycles. The van der Waals surface area contributed by atoms with Gasteiger partial charge in [-0.1, -0.05) is 27.7 Å². The lowest BCUT2D eigenvalue weighted by molar-refractivity contribution is -0.0561. The Kier molecular flexibility index (Phi) is 10.7. The molecule has 18 heavy (non-hydrogen) atoms. The molecule has 0 aromatic heterocycles. The molecule has 0 spiro atoms. The quantitative estimate of drug-likeness (QED) is 0.532. The maximum absolute atomic E-state index is 5.99. The zero-order valence-electron chi connectivity index (χ0n) is 13.1. The van der Waals surface area contributed by atoms with E-state index in [1.165, 1.54) is 0 Å². The number of rotatable bonds is 11. The zero-order chi connectivity index (χ0) is 14.0. The molecular weight excluding hydrogens is 228 g/mol. The predicted octanol–water partition coefficient (Wildman–Crippen LogP) is 3.52. The van der Waals surface area contributed by atoms with Crippen LogP contribution in [0, 0.1) is 11.8 Å². The Morgan fingerprint density at radius 1 is 0.778 bits per heavy atom. The summed E-state index contributed by atoms with van der Waals surface area (Å²) in [6.45, 7) is 13.0. The SMILES string of the molecule is COCCOC(C)COC(CC(C)C)CC(C)C. The number of hydrogen-bond acceptors (Lipinski definition) is 3. The van der Waals surface area contributed by atoms with Crippen molar-refractivity contribution < 1.29 is 14.2 Å². The second kappa shape index (κ2) is 10.8. The summed E-state index contributed by atoms with van der Waals surface area (Å²) in [5, 5.41) is 0. The summed E-state index contributed by atoms with van der Waals surface area (Å²) in [4.78, 5) is 0.